The number of rotatable bonds is 8. The van der Waals surface area contributed by atoms with Crippen molar-refractivity contribution in [1.82, 2.24) is 5.43 Å². The monoisotopic (exact) mass is 580 g/mol. The molecule has 1 N–H and O–H groups in total. The second kappa shape index (κ2) is 11.3. The molecule has 0 radical (unpaired) electrons. The minimum absolute atomic E-state index is 0.351. The summed E-state index contributed by atoms with van der Waals surface area (Å²) in [6.45, 7) is 2.08. The number of amides is 1. The van der Waals surface area contributed by atoms with Crippen molar-refractivity contribution in [2.45, 2.75) is 19.6 Å². The summed E-state index contributed by atoms with van der Waals surface area (Å²) in [5.41, 5.74) is 4.40. The van der Waals surface area contributed by atoms with E-state index in [9.17, 15) is 4.79 Å². The summed E-state index contributed by atoms with van der Waals surface area (Å²) < 4.78 is 13.8. The minimum Gasteiger partial charge on any atom is -0.488 e. The van der Waals surface area contributed by atoms with E-state index in [4.69, 9.17) is 9.47 Å². The van der Waals surface area contributed by atoms with E-state index in [0.717, 1.165) is 30.8 Å². The molecule has 0 saturated carbocycles. The zero-order chi connectivity index (χ0) is 23.9. The Labute approximate surface area is 215 Å². The zero-order valence-corrected chi connectivity index (χ0v) is 21.5. The van der Waals surface area contributed by atoms with Gasteiger partial charge in [-0.15, -0.1) is 0 Å². The zero-order valence-electron chi connectivity index (χ0n) is 18.4. The van der Waals surface area contributed by atoms with Crippen molar-refractivity contribution < 1.29 is 14.3 Å². The molecule has 0 aliphatic heterocycles. The molecule has 172 valence electrons. The lowest BCUT2D eigenvalue weighted by Gasteiger charge is -2.14. The predicted molar refractivity (Wildman–Crippen MR) is 142 cm³/mol. The Bertz CT molecular complexity index is 1320. The number of nitrogens with zero attached hydrogens (tertiary/aromatic N) is 1. The van der Waals surface area contributed by atoms with E-state index in [0.29, 0.717) is 18.1 Å². The number of hydrazone groups is 1. The first kappa shape index (κ1) is 24.0. The molecule has 0 heterocycles. The van der Waals surface area contributed by atoms with Crippen molar-refractivity contribution in [3.63, 3.8) is 0 Å². The number of nitrogens with one attached hydrogen (secondary N) is 1. The number of hydrogen-bond donors (Lipinski definition) is 1. The van der Waals surface area contributed by atoms with E-state index in [2.05, 4.69) is 42.4 Å². The van der Waals surface area contributed by atoms with Crippen LogP contribution in [-0.2, 0) is 11.4 Å². The third-order valence-corrected chi connectivity index (χ3v) is 6.10. The highest BCUT2D eigenvalue weighted by atomic mass is 79.9. The van der Waals surface area contributed by atoms with Gasteiger partial charge in [0.05, 0.1) is 6.21 Å². The molecule has 0 spiro atoms. The number of fused-ring (bicyclic) bond motifs is 1. The Kier molecular flexibility index (Phi) is 7.98. The second-order valence-electron chi connectivity index (χ2n) is 7.57. The normalized spacial score (nSPS) is 12.0. The Morgan fingerprint density at radius 3 is 2.56 bits per heavy atom. The highest BCUT2D eigenvalue weighted by molar-refractivity contribution is 9.10. The Hall–Kier alpha value is -3.16. The first-order chi connectivity index (χ1) is 16.5. The smallest absolute Gasteiger partial charge is 0.280 e. The molecule has 34 heavy (non-hydrogen) atoms. The average molecular weight is 582 g/mol. The molecule has 0 fully saturated rings. The van der Waals surface area contributed by atoms with Crippen molar-refractivity contribution in [1.29, 1.82) is 0 Å². The fourth-order valence-corrected chi connectivity index (χ4v) is 4.06. The van der Waals surface area contributed by atoms with Crippen LogP contribution in [0.15, 0.2) is 99.0 Å². The third-order valence-electron chi connectivity index (χ3n) is 5.08. The molecule has 4 aromatic rings. The van der Waals surface area contributed by atoms with Gasteiger partial charge in [-0.25, -0.2) is 5.43 Å². The van der Waals surface area contributed by atoms with Crippen molar-refractivity contribution in [3.8, 4) is 11.5 Å². The molecule has 7 heteroatoms. The summed E-state index contributed by atoms with van der Waals surface area (Å²) in [6, 6.07) is 27.2. The summed E-state index contributed by atoms with van der Waals surface area (Å²) in [5.74, 6) is 0.930. The van der Waals surface area contributed by atoms with Gasteiger partial charge in [-0.3, -0.25) is 4.79 Å². The van der Waals surface area contributed by atoms with Gasteiger partial charge in [0.2, 0.25) is 0 Å². The molecule has 1 amide bonds. The van der Waals surface area contributed by atoms with Gasteiger partial charge in [-0.05, 0) is 65.7 Å². The van der Waals surface area contributed by atoms with Crippen LogP contribution in [-0.4, -0.2) is 18.2 Å². The highest BCUT2D eigenvalue weighted by Gasteiger charge is 2.14. The van der Waals surface area contributed by atoms with E-state index in [1.165, 1.54) is 0 Å². The largest absolute Gasteiger partial charge is 0.488 e. The van der Waals surface area contributed by atoms with Crippen molar-refractivity contribution in [2.24, 2.45) is 5.10 Å². The average Bonchev–Trinajstić information content (AvgIpc) is 2.84. The van der Waals surface area contributed by atoms with Gasteiger partial charge in [0, 0.05) is 14.5 Å². The Morgan fingerprint density at radius 1 is 0.971 bits per heavy atom. The number of benzene rings is 4. The van der Waals surface area contributed by atoms with Crippen LogP contribution in [0.2, 0.25) is 0 Å². The quantitative estimate of drug-likeness (QED) is 0.183. The van der Waals surface area contributed by atoms with Gasteiger partial charge in [0.15, 0.2) is 6.10 Å². The van der Waals surface area contributed by atoms with Crippen molar-refractivity contribution in [2.75, 3.05) is 0 Å². The number of hydrogen-bond acceptors (Lipinski definition) is 4. The molecule has 4 aromatic carbocycles. The van der Waals surface area contributed by atoms with Crippen molar-refractivity contribution >= 4 is 54.8 Å². The van der Waals surface area contributed by atoms with Crippen LogP contribution >= 0.6 is 31.9 Å². The maximum absolute atomic E-state index is 12.5. The Morgan fingerprint density at radius 2 is 1.76 bits per heavy atom. The lowest BCUT2D eigenvalue weighted by Crippen LogP contribution is -2.33. The van der Waals surface area contributed by atoms with Gasteiger partial charge in [0.25, 0.3) is 5.91 Å². The first-order valence-corrected chi connectivity index (χ1v) is 12.2. The lowest BCUT2D eigenvalue weighted by molar-refractivity contribution is -0.127. The molecule has 5 nitrogen and oxygen atoms in total. The number of halogens is 2. The number of ether oxygens (including phenoxy) is 2. The Balaban J connectivity index is 1.49. The van der Waals surface area contributed by atoms with Crippen LogP contribution in [0.25, 0.3) is 10.8 Å². The predicted octanol–water partition coefficient (Wildman–Crippen LogP) is 6.86. The van der Waals surface area contributed by atoms with Crippen LogP contribution in [0.3, 0.4) is 0 Å². The molecule has 0 unspecified atom stereocenters. The number of carbonyl (C=O) groups excluding carboxylic acids is 1. The maximum Gasteiger partial charge on any atom is 0.280 e. The summed E-state index contributed by atoms with van der Waals surface area (Å²) in [5, 5.41) is 6.23. The topological polar surface area (TPSA) is 59.9 Å². The van der Waals surface area contributed by atoms with Gasteiger partial charge in [-0.1, -0.05) is 74.3 Å². The second-order valence-corrected chi connectivity index (χ2v) is 9.40. The molecular formula is C27H22Br2N2O3. The van der Waals surface area contributed by atoms with Crippen molar-refractivity contribution in [3.05, 3.63) is 105 Å². The molecule has 0 saturated heterocycles. The van der Waals surface area contributed by atoms with Crippen LogP contribution in [0.5, 0.6) is 11.5 Å². The molecule has 1 atom stereocenters. The van der Waals surface area contributed by atoms with Crippen LogP contribution in [0.4, 0.5) is 0 Å². The van der Waals surface area contributed by atoms with E-state index < -0.39 is 6.10 Å². The molecule has 0 aromatic heterocycles. The first-order valence-electron chi connectivity index (χ1n) is 10.6. The number of carbonyl (C=O) groups is 1. The maximum atomic E-state index is 12.5. The van der Waals surface area contributed by atoms with E-state index >= 15 is 0 Å². The molecule has 0 aliphatic carbocycles. The van der Waals surface area contributed by atoms with Gasteiger partial charge >= 0.3 is 0 Å². The van der Waals surface area contributed by atoms with Crippen LogP contribution in [0, 0.1) is 0 Å². The summed E-state index contributed by atoms with van der Waals surface area (Å²) in [7, 11) is 0. The third kappa shape index (κ3) is 6.24. The van der Waals surface area contributed by atoms with Gasteiger partial charge in [0.1, 0.15) is 18.1 Å². The van der Waals surface area contributed by atoms with E-state index in [1.54, 1.807) is 25.3 Å². The van der Waals surface area contributed by atoms with E-state index in [1.807, 2.05) is 72.8 Å². The molecular weight excluding hydrogens is 560 g/mol. The summed E-state index contributed by atoms with van der Waals surface area (Å²) >= 11 is 6.87. The molecule has 4 rings (SSSR count). The van der Waals surface area contributed by atoms with Gasteiger partial charge in [-0.2, -0.15) is 5.10 Å². The standard InChI is InChI=1S/C27H22Br2N2O3/c1-18(34-23-12-10-21(28)11-13-23)27(32)31-30-16-25-24-8-3-2-6-20(24)9-14-26(25)33-17-19-5-4-7-22(29)15-19/h2-16,18H,17H2,1H3,(H,31,32)/b30-16-/t18-/m0/s1. The summed E-state index contributed by atoms with van der Waals surface area (Å²) in [6.07, 6.45) is 0.904. The van der Waals surface area contributed by atoms with Crippen LogP contribution in [0.1, 0.15) is 18.1 Å². The molecule has 0 aliphatic rings. The minimum atomic E-state index is -0.710. The summed E-state index contributed by atoms with van der Waals surface area (Å²) in [4.78, 5) is 12.5. The fourth-order valence-electron chi connectivity index (χ4n) is 3.34. The van der Waals surface area contributed by atoms with Gasteiger partial charge < -0.3 is 9.47 Å². The van der Waals surface area contributed by atoms with Crippen LogP contribution < -0.4 is 14.9 Å². The lowest BCUT2D eigenvalue weighted by atomic mass is 10.0. The van der Waals surface area contributed by atoms with E-state index in [-0.39, 0.29) is 5.91 Å². The SMILES string of the molecule is C[C@H](Oc1ccc(Br)cc1)C(=O)N/N=C\c1c(OCc2cccc(Br)c2)ccc2ccccc12. The molecule has 0 bridgehead atoms. The highest BCUT2D eigenvalue weighted by Crippen LogP contribution is 2.27. The fraction of sp³-hybridized carbons (Fsp3) is 0.111.